The van der Waals surface area contributed by atoms with Crippen LogP contribution in [0.1, 0.15) is 65.2 Å². The van der Waals surface area contributed by atoms with Gasteiger partial charge in [0.1, 0.15) is 0 Å². The number of carbonyl (C=O) groups excluding carboxylic acids is 1. The van der Waals surface area contributed by atoms with Gasteiger partial charge >= 0.3 is 6.09 Å². The molecule has 0 aromatic rings. The van der Waals surface area contributed by atoms with Crippen molar-refractivity contribution >= 4 is 12.0 Å². The van der Waals surface area contributed by atoms with Crippen LogP contribution in [0.3, 0.4) is 0 Å². The minimum absolute atomic E-state index is 0.0559. The summed E-state index contributed by atoms with van der Waals surface area (Å²) in [4.78, 5) is 28.1. The summed E-state index contributed by atoms with van der Waals surface area (Å²) in [5.74, 6) is 1.03. The van der Waals surface area contributed by atoms with E-state index in [1.165, 1.54) is 6.42 Å². The van der Waals surface area contributed by atoms with Crippen molar-refractivity contribution in [3.8, 4) is 0 Å². The third-order valence-electron chi connectivity index (χ3n) is 8.21. The number of carboxylic acid groups (broad SMARTS) is 1. The van der Waals surface area contributed by atoms with Crippen LogP contribution < -0.4 is 5.32 Å². The van der Waals surface area contributed by atoms with Gasteiger partial charge in [0.2, 0.25) is 5.91 Å². The van der Waals surface area contributed by atoms with E-state index < -0.39 is 6.09 Å². The highest BCUT2D eigenvalue weighted by Gasteiger charge is 2.58. The van der Waals surface area contributed by atoms with Gasteiger partial charge in [0.15, 0.2) is 0 Å². The van der Waals surface area contributed by atoms with E-state index in [0.29, 0.717) is 18.5 Å². The number of likely N-dealkylation sites (tertiary alicyclic amines) is 2. The third-order valence-corrected chi connectivity index (χ3v) is 8.21. The van der Waals surface area contributed by atoms with E-state index in [1.54, 1.807) is 4.90 Å². The average molecular weight is 378 g/mol. The molecule has 2 aliphatic carbocycles. The first kappa shape index (κ1) is 19.0. The molecule has 2 aliphatic heterocycles. The van der Waals surface area contributed by atoms with Crippen LogP contribution in [-0.4, -0.2) is 64.7 Å². The number of rotatable bonds is 4. The number of hydrogen-bond donors (Lipinski definition) is 2. The molecule has 6 nitrogen and oxygen atoms in total. The van der Waals surface area contributed by atoms with Gasteiger partial charge in [-0.2, -0.15) is 0 Å². The molecule has 0 bridgehead atoms. The fraction of sp³-hybridized carbons (Fsp3) is 0.905. The Morgan fingerprint density at radius 3 is 2.37 bits per heavy atom. The number of carbonyl (C=O) groups is 2. The Balaban J connectivity index is 1.29. The molecule has 2 unspecified atom stereocenters. The summed E-state index contributed by atoms with van der Waals surface area (Å²) >= 11 is 0. The smallest absolute Gasteiger partial charge is 0.407 e. The van der Waals surface area contributed by atoms with Gasteiger partial charge in [0, 0.05) is 30.6 Å². The van der Waals surface area contributed by atoms with Crippen molar-refractivity contribution in [1.29, 1.82) is 0 Å². The molecule has 2 heterocycles. The van der Waals surface area contributed by atoms with E-state index in [9.17, 15) is 14.7 Å². The molecule has 2 amide bonds. The lowest BCUT2D eigenvalue weighted by atomic mass is 9.54. The number of hydrogen-bond acceptors (Lipinski definition) is 3. The summed E-state index contributed by atoms with van der Waals surface area (Å²) in [6.07, 6.45) is 7.90. The molecule has 0 aromatic carbocycles. The molecule has 3 atom stereocenters. The van der Waals surface area contributed by atoms with E-state index in [1.807, 2.05) is 0 Å². The second-order valence-electron chi connectivity index (χ2n) is 9.82. The number of piperidine rings is 1. The quantitative estimate of drug-likeness (QED) is 0.790. The number of amides is 2. The van der Waals surface area contributed by atoms with Crippen molar-refractivity contribution in [2.24, 2.45) is 17.3 Å². The molecule has 4 fully saturated rings. The Morgan fingerprint density at radius 1 is 1.15 bits per heavy atom. The highest BCUT2D eigenvalue weighted by Crippen LogP contribution is 2.56. The highest BCUT2D eigenvalue weighted by atomic mass is 16.4. The van der Waals surface area contributed by atoms with E-state index in [2.05, 4.69) is 24.1 Å². The van der Waals surface area contributed by atoms with Gasteiger partial charge in [0.25, 0.3) is 0 Å². The summed E-state index contributed by atoms with van der Waals surface area (Å²) in [5.41, 5.74) is 0.269. The zero-order valence-corrected chi connectivity index (χ0v) is 16.9. The summed E-state index contributed by atoms with van der Waals surface area (Å²) in [5, 5.41) is 12.6. The molecule has 2 saturated heterocycles. The van der Waals surface area contributed by atoms with E-state index in [4.69, 9.17) is 0 Å². The maximum absolute atomic E-state index is 12.6. The maximum Gasteiger partial charge on any atom is 0.407 e. The second kappa shape index (κ2) is 6.94. The molecule has 1 spiro atoms. The second-order valence-corrected chi connectivity index (χ2v) is 9.82. The Kier molecular flexibility index (Phi) is 4.90. The van der Waals surface area contributed by atoms with Crippen LogP contribution in [0.5, 0.6) is 0 Å². The van der Waals surface area contributed by atoms with Gasteiger partial charge in [0.05, 0.1) is 0 Å². The van der Waals surface area contributed by atoms with Crippen LogP contribution in [0.25, 0.3) is 0 Å². The van der Waals surface area contributed by atoms with Crippen molar-refractivity contribution in [2.45, 2.75) is 76.8 Å². The van der Waals surface area contributed by atoms with E-state index in [0.717, 1.165) is 64.6 Å². The molecule has 2 saturated carbocycles. The predicted octanol–water partition coefficient (Wildman–Crippen LogP) is 2.93. The van der Waals surface area contributed by atoms with Crippen molar-refractivity contribution in [1.82, 2.24) is 15.1 Å². The Morgan fingerprint density at radius 2 is 1.85 bits per heavy atom. The normalized spacial score (nSPS) is 36.3. The lowest BCUT2D eigenvalue weighted by molar-refractivity contribution is -0.131. The summed E-state index contributed by atoms with van der Waals surface area (Å²) in [6.45, 7) is 7.85. The topological polar surface area (TPSA) is 72.9 Å². The Labute approximate surface area is 162 Å². The molecule has 0 radical (unpaired) electrons. The fourth-order valence-corrected chi connectivity index (χ4v) is 6.30. The first-order chi connectivity index (χ1) is 12.9. The van der Waals surface area contributed by atoms with Crippen molar-refractivity contribution in [3.05, 3.63) is 0 Å². The molecule has 2 N–H and O–H groups in total. The van der Waals surface area contributed by atoms with Crippen molar-refractivity contribution in [2.75, 3.05) is 26.2 Å². The lowest BCUT2D eigenvalue weighted by Gasteiger charge is -2.58. The summed E-state index contributed by atoms with van der Waals surface area (Å²) in [7, 11) is 0. The van der Waals surface area contributed by atoms with Crippen molar-refractivity contribution < 1.29 is 14.7 Å². The van der Waals surface area contributed by atoms with Gasteiger partial charge < -0.3 is 20.2 Å². The minimum Gasteiger partial charge on any atom is -0.465 e. The van der Waals surface area contributed by atoms with Crippen LogP contribution in [0.2, 0.25) is 0 Å². The third kappa shape index (κ3) is 3.34. The SMILES string of the molecule is CCC1C(N2CCC(C(=O)NC3(C)CCC3)CC2)C[C@]12CCN(C(=O)O)C2. The Bertz CT molecular complexity index is 597. The standard InChI is InChI=1S/C21H35N3O3/c1-3-16-17(13-21(16)9-12-24(14-21)19(26)27)23-10-5-15(6-11-23)18(25)22-20(2)7-4-8-20/h15-17H,3-14H2,1-2H3,(H,22,25)(H,26,27)/t16?,17?,21-/m0/s1. The van der Waals surface area contributed by atoms with Gasteiger partial charge in [-0.15, -0.1) is 0 Å². The van der Waals surface area contributed by atoms with Crippen LogP contribution >= 0.6 is 0 Å². The molecular weight excluding hydrogens is 342 g/mol. The number of nitrogens with zero attached hydrogens (tertiary/aromatic N) is 2. The molecule has 4 aliphatic rings. The first-order valence-electron chi connectivity index (χ1n) is 10.9. The van der Waals surface area contributed by atoms with Crippen LogP contribution in [-0.2, 0) is 4.79 Å². The van der Waals surface area contributed by atoms with Gasteiger partial charge in [-0.1, -0.05) is 13.3 Å². The molecular formula is C21H35N3O3. The summed E-state index contributed by atoms with van der Waals surface area (Å²) < 4.78 is 0. The largest absolute Gasteiger partial charge is 0.465 e. The lowest BCUT2D eigenvalue weighted by Crippen LogP contribution is -2.62. The average Bonchev–Trinajstić information content (AvgIpc) is 3.06. The minimum atomic E-state index is -0.767. The van der Waals surface area contributed by atoms with E-state index >= 15 is 0 Å². The fourth-order valence-electron chi connectivity index (χ4n) is 6.30. The van der Waals surface area contributed by atoms with Gasteiger partial charge in [-0.3, -0.25) is 4.79 Å². The van der Waals surface area contributed by atoms with Crippen LogP contribution in [0.4, 0.5) is 4.79 Å². The zero-order valence-electron chi connectivity index (χ0n) is 16.9. The molecule has 0 aromatic heterocycles. The monoisotopic (exact) mass is 377 g/mol. The van der Waals surface area contributed by atoms with E-state index in [-0.39, 0.29) is 22.8 Å². The van der Waals surface area contributed by atoms with Crippen molar-refractivity contribution in [3.63, 3.8) is 0 Å². The number of nitrogens with one attached hydrogen (secondary N) is 1. The van der Waals surface area contributed by atoms with Crippen LogP contribution in [0, 0.1) is 17.3 Å². The molecule has 4 rings (SSSR count). The Hall–Kier alpha value is -1.30. The highest BCUT2D eigenvalue weighted by molar-refractivity contribution is 5.79. The molecule has 6 heteroatoms. The van der Waals surface area contributed by atoms with Crippen LogP contribution in [0.15, 0.2) is 0 Å². The zero-order chi connectivity index (χ0) is 19.2. The van der Waals surface area contributed by atoms with Gasteiger partial charge in [-0.05, 0) is 76.3 Å². The van der Waals surface area contributed by atoms with Gasteiger partial charge in [-0.25, -0.2) is 4.79 Å². The first-order valence-corrected chi connectivity index (χ1v) is 10.9. The maximum atomic E-state index is 12.6. The molecule has 152 valence electrons. The molecule has 27 heavy (non-hydrogen) atoms. The summed E-state index contributed by atoms with van der Waals surface area (Å²) in [6, 6.07) is 0.580. The predicted molar refractivity (Wildman–Crippen MR) is 104 cm³/mol.